The van der Waals surface area contributed by atoms with Crippen LogP contribution in [0.1, 0.15) is 56.6 Å². The third kappa shape index (κ3) is 8.77. The van der Waals surface area contributed by atoms with Crippen LogP contribution >= 0.6 is 11.6 Å². The van der Waals surface area contributed by atoms with Crippen LogP contribution < -0.4 is 0 Å². The summed E-state index contributed by atoms with van der Waals surface area (Å²) in [6, 6.07) is 17.0. The van der Waals surface area contributed by atoms with Gasteiger partial charge in [-0.2, -0.15) is 4.31 Å². The van der Waals surface area contributed by atoms with E-state index in [1.54, 1.807) is 24.0 Å². The van der Waals surface area contributed by atoms with Crippen LogP contribution in [0.4, 0.5) is 0 Å². The summed E-state index contributed by atoms with van der Waals surface area (Å²) in [5, 5.41) is 0.605. The number of amides is 2. The van der Waals surface area contributed by atoms with Crippen LogP contribution in [0.15, 0.2) is 54.6 Å². The quantitative estimate of drug-likeness (QED) is 0.322. The van der Waals surface area contributed by atoms with Crippen LogP contribution in [0.25, 0.3) is 0 Å². The van der Waals surface area contributed by atoms with Crippen LogP contribution in [-0.2, 0) is 30.9 Å². The molecule has 0 aliphatic carbocycles. The van der Waals surface area contributed by atoms with E-state index in [0.717, 1.165) is 11.1 Å². The number of hydrogen-bond donors (Lipinski definition) is 0. The highest BCUT2D eigenvalue weighted by atomic mass is 35.5. The van der Waals surface area contributed by atoms with Crippen LogP contribution in [0.3, 0.4) is 0 Å². The van der Waals surface area contributed by atoms with Crippen molar-refractivity contribution in [2.45, 2.75) is 58.0 Å². The highest BCUT2D eigenvalue weighted by Gasteiger charge is 2.34. The molecule has 1 saturated heterocycles. The first kappa shape index (κ1) is 32.1. The number of halogens is 1. The summed E-state index contributed by atoms with van der Waals surface area (Å²) >= 11 is 6.08. The number of hydrogen-bond acceptors (Lipinski definition) is 5. The summed E-state index contributed by atoms with van der Waals surface area (Å²) in [6.45, 7) is 5.32. The average molecular weight is 592 g/mol. The molecule has 1 heterocycles. The third-order valence-electron chi connectivity index (χ3n) is 7.42. The molecule has 40 heavy (non-hydrogen) atoms. The maximum absolute atomic E-state index is 13.8. The highest BCUT2D eigenvalue weighted by molar-refractivity contribution is 7.89. The average Bonchev–Trinajstić information content (AvgIpc) is 2.95. The molecule has 0 saturated carbocycles. The Bertz CT molecular complexity index is 1190. The Kier molecular flexibility index (Phi) is 12.4. The number of sulfonamides is 1. The number of piperidine rings is 1. The van der Waals surface area contributed by atoms with Gasteiger partial charge < -0.3 is 14.5 Å². The van der Waals surface area contributed by atoms with Crippen molar-refractivity contribution in [2.24, 2.45) is 0 Å². The summed E-state index contributed by atoms with van der Waals surface area (Å²) in [5.41, 5.74) is 1.92. The molecule has 0 N–H and O–H groups in total. The number of ether oxygens (including phenoxy) is 1. The molecule has 2 aromatic rings. The smallest absolute Gasteiger partial charge is 0.238 e. The van der Waals surface area contributed by atoms with Crippen LogP contribution in [-0.4, -0.2) is 86.0 Å². The number of methoxy groups -OCH3 is 1. The van der Waals surface area contributed by atoms with Gasteiger partial charge in [-0.3, -0.25) is 9.59 Å². The second-order valence-corrected chi connectivity index (χ2v) is 12.7. The van der Waals surface area contributed by atoms with E-state index in [-0.39, 0.29) is 49.2 Å². The molecule has 2 aromatic carbocycles. The van der Waals surface area contributed by atoms with Crippen molar-refractivity contribution in [3.05, 3.63) is 70.7 Å². The maximum atomic E-state index is 13.8. The standard InChI is InChI=1S/C30H42ClN3O5S/c1-4-21-40(37,38)33(19-20-39-3)23-29(35)34(22-24-11-13-26(31)14-12-24)27-15-17-32(18-16-27)30(36)28(5-2)25-9-7-6-8-10-25/h6-14,27-28H,4-5,15-23H2,1-3H3/t28-/m1/s1. The Morgan fingerprint density at radius 1 is 1.05 bits per heavy atom. The SMILES string of the molecule is CCCS(=O)(=O)N(CCOC)CC(=O)N(Cc1ccc(Cl)cc1)C1CCN(C(=O)[C@H](CC)c2ccccc2)CC1. The monoisotopic (exact) mass is 591 g/mol. The fraction of sp³-hybridized carbons (Fsp3) is 0.533. The maximum Gasteiger partial charge on any atom is 0.238 e. The molecule has 0 spiro atoms. The molecule has 0 radical (unpaired) electrons. The van der Waals surface area contributed by atoms with Gasteiger partial charge in [-0.1, -0.05) is 67.9 Å². The van der Waals surface area contributed by atoms with E-state index in [4.69, 9.17) is 16.3 Å². The van der Waals surface area contributed by atoms with Gasteiger partial charge in [0.15, 0.2) is 0 Å². The molecule has 0 aromatic heterocycles. The molecule has 2 amide bonds. The zero-order valence-corrected chi connectivity index (χ0v) is 25.4. The van der Waals surface area contributed by atoms with E-state index < -0.39 is 10.0 Å². The van der Waals surface area contributed by atoms with Gasteiger partial charge in [0.25, 0.3) is 0 Å². The highest BCUT2D eigenvalue weighted by Crippen LogP contribution is 2.26. The lowest BCUT2D eigenvalue weighted by molar-refractivity contribution is -0.138. The normalized spacial score (nSPS) is 15.3. The summed E-state index contributed by atoms with van der Waals surface area (Å²) in [7, 11) is -2.10. The first-order valence-electron chi connectivity index (χ1n) is 14.0. The second-order valence-electron chi connectivity index (χ2n) is 10.2. The van der Waals surface area contributed by atoms with Crippen molar-refractivity contribution in [3.8, 4) is 0 Å². The third-order valence-corrected chi connectivity index (χ3v) is 9.70. The minimum atomic E-state index is -3.61. The van der Waals surface area contributed by atoms with Crippen molar-refractivity contribution in [1.82, 2.24) is 14.1 Å². The van der Waals surface area contributed by atoms with Crippen molar-refractivity contribution in [3.63, 3.8) is 0 Å². The van der Waals surface area contributed by atoms with E-state index in [2.05, 4.69) is 0 Å². The molecule has 10 heteroatoms. The molecular weight excluding hydrogens is 550 g/mol. The Morgan fingerprint density at radius 2 is 1.70 bits per heavy atom. The fourth-order valence-corrected chi connectivity index (χ4v) is 6.76. The largest absolute Gasteiger partial charge is 0.383 e. The van der Waals surface area contributed by atoms with Crippen LogP contribution in [0, 0.1) is 0 Å². The predicted molar refractivity (Wildman–Crippen MR) is 159 cm³/mol. The fourth-order valence-electron chi connectivity index (χ4n) is 5.20. The summed E-state index contributed by atoms with van der Waals surface area (Å²) in [5.74, 6) is -0.366. The molecule has 0 unspecified atom stereocenters. The Morgan fingerprint density at radius 3 is 2.27 bits per heavy atom. The Labute approximate surface area is 244 Å². The molecule has 0 bridgehead atoms. The Balaban J connectivity index is 1.77. The molecule has 8 nitrogen and oxygen atoms in total. The topological polar surface area (TPSA) is 87.2 Å². The van der Waals surface area contributed by atoms with Gasteiger partial charge >= 0.3 is 0 Å². The van der Waals surface area contributed by atoms with E-state index in [1.807, 2.05) is 54.3 Å². The minimum absolute atomic E-state index is 0.0261. The number of likely N-dealkylation sites (tertiary alicyclic amines) is 1. The lowest BCUT2D eigenvalue weighted by Crippen LogP contribution is -2.52. The first-order valence-corrected chi connectivity index (χ1v) is 16.0. The van der Waals surface area contributed by atoms with Gasteiger partial charge in [0.2, 0.25) is 21.8 Å². The number of benzene rings is 2. The van der Waals surface area contributed by atoms with Crippen molar-refractivity contribution >= 4 is 33.4 Å². The van der Waals surface area contributed by atoms with Gasteiger partial charge in [-0.15, -0.1) is 0 Å². The molecule has 220 valence electrons. The molecule has 1 fully saturated rings. The van der Waals surface area contributed by atoms with Crippen molar-refractivity contribution in [2.75, 3.05) is 45.6 Å². The van der Waals surface area contributed by atoms with E-state index in [0.29, 0.717) is 50.3 Å². The van der Waals surface area contributed by atoms with Gasteiger partial charge in [-0.05, 0) is 48.9 Å². The minimum Gasteiger partial charge on any atom is -0.383 e. The molecule has 1 aliphatic rings. The first-order chi connectivity index (χ1) is 19.2. The van der Waals surface area contributed by atoms with Crippen molar-refractivity contribution < 1.29 is 22.7 Å². The second kappa shape index (κ2) is 15.5. The van der Waals surface area contributed by atoms with Gasteiger partial charge in [0.05, 0.1) is 24.8 Å². The van der Waals surface area contributed by atoms with E-state index >= 15 is 0 Å². The molecular formula is C30H42ClN3O5S. The Hall–Kier alpha value is -2.46. The lowest BCUT2D eigenvalue weighted by Gasteiger charge is -2.40. The zero-order valence-electron chi connectivity index (χ0n) is 23.8. The molecule has 1 aliphatic heterocycles. The van der Waals surface area contributed by atoms with E-state index in [1.165, 1.54) is 11.4 Å². The van der Waals surface area contributed by atoms with Crippen LogP contribution in [0.2, 0.25) is 5.02 Å². The summed E-state index contributed by atoms with van der Waals surface area (Å²) in [4.78, 5) is 30.9. The molecule has 3 rings (SSSR count). The van der Waals surface area contributed by atoms with Gasteiger partial charge in [0.1, 0.15) is 0 Å². The number of carbonyl (C=O) groups is 2. The number of nitrogens with zero attached hydrogens (tertiary/aromatic N) is 3. The lowest BCUT2D eigenvalue weighted by atomic mass is 9.93. The van der Waals surface area contributed by atoms with Gasteiger partial charge in [0, 0.05) is 44.4 Å². The number of carbonyl (C=O) groups excluding carboxylic acids is 2. The summed E-state index contributed by atoms with van der Waals surface area (Å²) in [6.07, 6.45) is 2.42. The summed E-state index contributed by atoms with van der Waals surface area (Å²) < 4.78 is 32.2. The van der Waals surface area contributed by atoms with Gasteiger partial charge in [-0.25, -0.2) is 8.42 Å². The van der Waals surface area contributed by atoms with E-state index in [9.17, 15) is 18.0 Å². The van der Waals surface area contributed by atoms with Crippen LogP contribution in [0.5, 0.6) is 0 Å². The zero-order chi connectivity index (χ0) is 29.1. The van der Waals surface area contributed by atoms with Crippen molar-refractivity contribution in [1.29, 1.82) is 0 Å². The number of rotatable bonds is 14. The molecule has 1 atom stereocenters. The predicted octanol–water partition coefficient (Wildman–Crippen LogP) is 4.54.